The molecule has 19 heteroatoms. The van der Waals surface area contributed by atoms with Crippen molar-refractivity contribution in [2.24, 2.45) is 13.5 Å². The molecule has 47 heavy (non-hydrogen) atoms. The van der Waals surface area contributed by atoms with E-state index in [1.165, 1.54) is 0 Å². The first-order chi connectivity index (χ1) is 23.1. The molecular weight excluding hydrogens is 679 g/mol. The standard InChI is InChI=1S/C28H38N3O13P3/c1-2-4-19(5-3-1)44-47(30-45-29-46-31-47)28(42-17-24-11-36-24,43-18-25-12-37-25)26(38-13-20-7-32-20)6-27(39-14-21-8-33-21,40-15-22-9-34-22)41-16-23-10-35-23/h1-5,20-26H,6-18H2. The summed E-state index contributed by atoms with van der Waals surface area (Å²) < 4.78 is 94.5. The molecule has 6 fully saturated rings. The van der Waals surface area contributed by atoms with Gasteiger partial charge in [0.2, 0.25) is 0 Å². The number of epoxide rings is 6. The van der Waals surface area contributed by atoms with Crippen LogP contribution < -0.4 is 4.52 Å². The molecule has 8 rings (SSSR count). The van der Waals surface area contributed by atoms with Crippen molar-refractivity contribution in [3.8, 4) is 5.75 Å². The third-order valence-corrected chi connectivity index (χ3v) is 13.0. The van der Waals surface area contributed by atoms with Gasteiger partial charge < -0.3 is 61.4 Å². The highest BCUT2D eigenvalue weighted by Crippen LogP contribution is 2.70. The molecule has 0 saturated carbocycles. The van der Waals surface area contributed by atoms with Crippen molar-refractivity contribution in [3.05, 3.63) is 30.3 Å². The van der Waals surface area contributed by atoms with Gasteiger partial charge in [-0.05, 0) is 12.1 Å². The van der Waals surface area contributed by atoms with Gasteiger partial charge >= 0.3 is 7.43 Å². The number of rotatable bonds is 24. The van der Waals surface area contributed by atoms with Crippen molar-refractivity contribution in [1.82, 2.24) is 0 Å². The minimum absolute atomic E-state index is 0.0151. The van der Waals surface area contributed by atoms with E-state index >= 15 is 0 Å². The number of nitrogens with zero attached hydrogens (tertiary/aromatic N) is 3. The third-order valence-electron chi connectivity index (χ3n) is 7.94. The zero-order valence-electron chi connectivity index (χ0n) is 25.6. The van der Waals surface area contributed by atoms with Crippen molar-refractivity contribution in [2.45, 2.75) is 60.6 Å². The summed E-state index contributed by atoms with van der Waals surface area (Å²) in [5, 5.41) is 0. The lowest BCUT2D eigenvalue weighted by molar-refractivity contribution is -0.400. The molecule has 16 nitrogen and oxygen atoms in total. The van der Waals surface area contributed by atoms with Crippen LogP contribution in [0.4, 0.5) is 0 Å². The molecule has 0 amide bonds. The topological polar surface area (TPSA) is 177 Å². The van der Waals surface area contributed by atoms with Gasteiger partial charge in [0.15, 0.2) is 17.0 Å². The minimum Gasteiger partial charge on any atom is -0.437 e. The summed E-state index contributed by atoms with van der Waals surface area (Å²) in [4.78, 5) is 0. The van der Waals surface area contributed by atoms with E-state index in [-0.39, 0.29) is 82.7 Å². The van der Waals surface area contributed by atoms with Gasteiger partial charge in [0.1, 0.15) is 48.5 Å². The molecule has 0 aliphatic carbocycles. The molecule has 7 aliphatic heterocycles. The molecule has 0 aromatic heterocycles. The predicted octanol–water partition coefficient (Wildman–Crippen LogP) is 3.76. The average molecular weight is 718 g/mol. The van der Waals surface area contributed by atoms with Crippen LogP contribution >= 0.6 is 24.5 Å². The second kappa shape index (κ2) is 14.7. The first-order valence-corrected chi connectivity index (χ1v) is 19.0. The largest absolute Gasteiger partial charge is 0.437 e. The Balaban J connectivity index is 1.21. The average Bonchev–Trinajstić information content (AvgIpc) is 3.88. The van der Waals surface area contributed by atoms with Crippen molar-refractivity contribution in [2.75, 3.05) is 79.3 Å². The van der Waals surface area contributed by atoms with Crippen molar-refractivity contribution in [3.63, 3.8) is 0 Å². The maximum absolute atomic E-state index is 6.90. The predicted molar refractivity (Wildman–Crippen MR) is 163 cm³/mol. The normalized spacial score (nSPS) is 36.3. The van der Waals surface area contributed by atoms with Gasteiger partial charge in [-0.1, -0.05) is 18.2 Å². The Morgan fingerprint density at radius 2 is 1.13 bits per heavy atom. The molecule has 0 spiro atoms. The molecule has 1 aromatic rings. The maximum Gasteiger partial charge on any atom is 0.324 e. The first-order valence-electron chi connectivity index (χ1n) is 15.8. The van der Waals surface area contributed by atoms with Crippen LogP contribution in [-0.2, 0) is 56.8 Å². The van der Waals surface area contributed by atoms with Crippen LogP contribution in [0.25, 0.3) is 0 Å². The Bertz CT molecular complexity index is 1260. The summed E-state index contributed by atoms with van der Waals surface area (Å²) in [7, 11) is -2.65. The Labute approximate surface area is 275 Å². The van der Waals surface area contributed by atoms with Crippen LogP contribution in [0.3, 0.4) is 0 Å². The van der Waals surface area contributed by atoms with Gasteiger partial charge in [0.05, 0.1) is 85.7 Å². The highest BCUT2D eigenvalue weighted by atomic mass is 31.2. The second-order valence-electron chi connectivity index (χ2n) is 12.0. The number of ether oxygens (including phenoxy) is 12. The number of benzene rings is 1. The Hall–Kier alpha value is -1.03. The molecule has 0 radical (unpaired) electrons. The van der Waals surface area contributed by atoms with E-state index in [1.54, 1.807) is 0 Å². The second-order valence-corrected chi connectivity index (χ2v) is 16.4. The van der Waals surface area contributed by atoms with E-state index in [9.17, 15) is 0 Å². The van der Waals surface area contributed by atoms with Gasteiger partial charge in [-0.2, -0.15) is 13.5 Å². The molecule has 6 saturated heterocycles. The van der Waals surface area contributed by atoms with E-state index in [4.69, 9.17) is 70.4 Å². The first kappa shape index (κ1) is 33.1. The van der Waals surface area contributed by atoms with Crippen molar-refractivity contribution in [1.29, 1.82) is 0 Å². The molecule has 0 N–H and O–H groups in total. The SMILES string of the molecule is c1ccc(OP2(C(OCC3CO3)(OCC3CO3)C(CC(OCC3CO3)(OCC3CO3)OCC3CO3)OCC3CO3)=NP=NP=N2)cc1. The fraction of sp³-hybridized carbons (Fsp3) is 0.786. The zero-order chi connectivity index (χ0) is 31.6. The maximum atomic E-state index is 6.90. The van der Waals surface area contributed by atoms with Gasteiger partial charge in [0, 0.05) is 0 Å². The van der Waals surface area contributed by atoms with Gasteiger partial charge in [0.25, 0.3) is 11.5 Å². The van der Waals surface area contributed by atoms with Crippen LogP contribution in [0, 0.1) is 0 Å². The van der Waals surface area contributed by atoms with Crippen LogP contribution in [0.1, 0.15) is 6.42 Å². The third kappa shape index (κ3) is 9.21. The summed E-state index contributed by atoms with van der Waals surface area (Å²) in [6.07, 6.45) is -1.58. The van der Waals surface area contributed by atoms with Crippen molar-refractivity contribution >= 4 is 24.5 Å². The molecule has 0 bridgehead atoms. The van der Waals surface area contributed by atoms with E-state index in [0.29, 0.717) is 62.4 Å². The molecule has 1 aromatic carbocycles. The van der Waals surface area contributed by atoms with Gasteiger partial charge in [-0.3, -0.25) is 0 Å². The fourth-order valence-electron chi connectivity index (χ4n) is 4.73. The van der Waals surface area contributed by atoms with E-state index in [0.717, 1.165) is 0 Å². The van der Waals surface area contributed by atoms with Gasteiger partial charge in [-0.15, -0.1) is 0 Å². The quantitative estimate of drug-likeness (QED) is 0.0859. The smallest absolute Gasteiger partial charge is 0.324 e. The van der Waals surface area contributed by atoms with Crippen LogP contribution in [0.2, 0.25) is 0 Å². The fourth-order valence-corrected chi connectivity index (χ4v) is 10.00. The summed E-state index contributed by atoms with van der Waals surface area (Å²) >= 11 is 0. The molecule has 258 valence electrons. The van der Waals surface area contributed by atoms with Crippen LogP contribution in [0.15, 0.2) is 43.9 Å². The summed E-state index contributed by atoms with van der Waals surface area (Å²) in [6.45, 7) is 4.75. The van der Waals surface area contributed by atoms with E-state index in [1.807, 2.05) is 30.3 Å². The lowest BCUT2D eigenvalue weighted by atomic mass is 10.2. The minimum atomic E-state index is -3.50. The zero-order valence-corrected chi connectivity index (χ0v) is 28.3. The highest BCUT2D eigenvalue weighted by Gasteiger charge is 2.63. The lowest BCUT2D eigenvalue weighted by Gasteiger charge is -2.46. The van der Waals surface area contributed by atoms with E-state index < -0.39 is 25.0 Å². The summed E-state index contributed by atoms with van der Waals surface area (Å²) in [6, 6.07) is 9.37. The summed E-state index contributed by atoms with van der Waals surface area (Å²) in [5.41, 5.74) is -1.73. The highest BCUT2D eigenvalue weighted by molar-refractivity contribution is 7.70. The summed E-state index contributed by atoms with van der Waals surface area (Å²) in [5.74, 6) is -1.08. The van der Waals surface area contributed by atoms with Crippen LogP contribution in [-0.4, -0.2) is 134 Å². The van der Waals surface area contributed by atoms with Gasteiger partial charge in [-0.25, -0.2) is 0 Å². The molecular formula is C28H38N3O13P3. The Morgan fingerprint density at radius 3 is 1.57 bits per heavy atom. The lowest BCUT2D eigenvalue weighted by Crippen LogP contribution is -2.56. The molecule has 7 heterocycles. The number of hydrogen-bond donors (Lipinski definition) is 0. The Kier molecular flexibility index (Phi) is 10.3. The molecule has 8 unspecified atom stereocenters. The monoisotopic (exact) mass is 717 g/mol. The van der Waals surface area contributed by atoms with Crippen molar-refractivity contribution < 1.29 is 61.4 Å². The number of hydrogen-bond acceptors (Lipinski definition) is 16. The molecule has 8 atom stereocenters. The Morgan fingerprint density at radius 1 is 0.660 bits per heavy atom. The number of para-hydroxylation sites is 1. The van der Waals surface area contributed by atoms with Crippen LogP contribution in [0.5, 0.6) is 5.75 Å². The van der Waals surface area contributed by atoms with E-state index in [2.05, 4.69) is 4.52 Å². The molecule has 7 aliphatic rings.